The summed E-state index contributed by atoms with van der Waals surface area (Å²) in [5.41, 5.74) is 2.27. The lowest BCUT2D eigenvalue weighted by Gasteiger charge is -2.09. The van der Waals surface area contributed by atoms with Crippen LogP contribution >= 0.6 is 11.8 Å². The molecule has 25 heavy (non-hydrogen) atoms. The molecule has 2 aromatic rings. The molecule has 1 saturated heterocycles. The maximum Gasteiger partial charge on any atom is 0.238 e. The van der Waals surface area contributed by atoms with Crippen molar-refractivity contribution >= 4 is 17.7 Å². The molecule has 1 amide bonds. The zero-order valence-electron chi connectivity index (χ0n) is 17.0. The van der Waals surface area contributed by atoms with Crippen LogP contribution in [0.15, 0.2) is 54.2 Å². The van der Waals surface area contributed by atoms with E-state index in [1.165, 1.54) is 6.92 Å². The minimum atomic E-state index is -1.40. The fourth-order valence-electron chi connectivity index (χ4n) is 2.42. The lowest BCUT2D eigenvalue weighted by molar-refractivity contribution is -0.119. The monoisotopic (exact) mass is 357 g/mol. The standard InChI is InChI=1S/C20H22N2O2S/c1-3-15-4-7-17(21-13-15)10-11-24-18-8-5-16(6-9-18)12-19-20(23)22-14(2)25-19/h4-9,13,19H,2-3,10-12H2,1H3,(H,22,23)/i3D2,19D. The number of aryl methyl sites for hydroxylation is 1. The average molecular weight is 357 g/mol. The van der Waals surface area contributed by atoms with Crippen molar-refractivity contribution in [2.45, 2.75) is 31.4 Å². The number of carbonyl (C=O) groups is 1. The first-order valence-electron chi connectivity index (χ1n) is 9.52. The van der Waals surface area contributed by atoms with Gasteiger partial charge in [0.2, 0.25) is 5.91 Å². The average Bonchev–Trinajstić information content (AvgIpc) is 2.88. The smallest absolute Gasteiger partial charge is 0.238 e. The molecule has 0 aliphatic carbocycles. The van der Waals surface area contributed by atoms with Gasteiger partial charge in [0.1, 0.15) is 5.75 Å². The van der Waals surface area contributed by atoms with Crippen LogP contribution in [-0.2, 0) is 24.0 Å². The summed E-state index contributed by atoms with van der Waals surface area (Å²) in [4.78, 5) is 16.2. The second kappa shape index (κ2) is 8.21. The summed E-state index contributed by atoms with van der Waals surface area (Å²) in [5, 5.41) is 1.82. The van der Waals surface area contributed by atoms with Crippen molar-refractivity contribution in [3.8, 4) is 5.75 Å². The number of aromatic nitrogens is 1. The summed E-state index contributed by atoms with van der Waals surface area (Å²) in [6.07, 6.45) is 1.08. The number of amides is 1. The van der Waals surface area contributed by atoms with Crippen LogP contribution in [0.4, 0.5) is 0 Å². The van der Waals surface area contributed by atoms with E-state index < -0.39 is 11.6 Å². The normalized spacial score (nSPS) is 22.0. The van der Waals surface area contributed by atoms with Crippen LogP contribution in [0.5, 0.6) is 5.75 Å². The van der Waals surface area contributed by atoms with Crippen LogP contribution in [0.2, 0.25) is 0 Å². The molecule has 1 unspecified atom stereocenters. The van der Waals surface area contributed by atoms with E-state index in [9.17, 15) is 4.79 Å². The van der Waals surface area contributed by atoms with Crippen molar-refractivity contribution in [3.63, 3.8) is 0 Å². The Bertz CT molecular complexity index is 867. The van der Waals surface area contributed by atoms with Gasteiger partial charge >= 0.3 is 0 Å². The Morgan fingerprint density at radius 1 is 1.32 bits per heavy atom. The van der Waals surface area contributed by atoms with Crippen LogP contribution < -0.4 is 10.1 Å². The first-order valence-corrected chi connectivity index (χ1v) is 8.84. The van der Waals surface area contributed by atoms with Crippen LogP contribution in [0, 0.1) is 0 Å². The van der Waals surface area contributed by atoms with E-state index in [2.05, 4.69) is 16.9 Å². The van der Waals surface area contributed by atoms with Crippen LogP contribution in [-0.4, -0.2) is 22.7 Å². The number of pyridine rings is 1. The Balaban J connectivity index is 1.51. The molecule has 5 heteroatoms. The number of thioether (sulfide) groups is 1. The van der Waals surface area contributed by atoms with Crippen molar-refractivity contribution in [1.82, 2.24) is 10.3 Å². The Morgan fingerprint density at radius 3 is 2.68 bits per heavy atom. The second-order valence-electron chi connectivity index (χ2n) is 5.61. The second-order valence-corrected chi connectivity index (χ2v) is 6.80. The van der Waals surface area contributed by atoms with Gasteiger partial charge in [-0.1, -0.05) is 43.5 Å². The summed E-state index contributed by atoms with van der Waals surface area (Å²) in [7, 11) is 0. The SMILES string of the molecule is [2H]C1(Cc2ccc(OCCc3ccc(C([2H])([2H])C)cn3)cc2)SC(=C)NC1=O. The van der Waals surface area contributed by atoms with E-state index in [0.29, 0.717) is 35.8 Å². The van der Waals surface area contributed by atoms with Gasteiger partial charge in [-0.05, 0) is 42.1 Å². The largest absolute Gasteiger partial charge is 0.493 e. The van der Waals surface area contributed by atoms with E-state index in [-0.39, 0.29) is 5.91 Å². The van der Waals surface area contributed by atoms with Crippen molar-refractivity contribution in [2.75, 3.05) is 6.61 Å². The van der Waals surface area contributed by atoms with E-state index >= 15 is 0 Å². The molecular weight excluding hydrogens is 332 g/mol. The molecule has 0 spiro atoms. The van der Waals surface area contributed by atoms with Crippen molar-refractivity contribution < 1.29 is 13.6 Å². The number of rotatable bonds is 7. The van der Waals surface area contributed by atoms with Gasteiger partial charge in [-0.3, -0.25) is 9.78 Å². The molecule has 0 radical (unpaired) electrons. The first kappa shape index (κ1) is 14.0. The van der Waals surface area contributed by atoms with Gasteiger partial charge in [0.25, 0.3) is 0 Å². The van der Waals surface area contributed by atoms with E-state index in [1.54, 1.807) is 12.3 Å². The molecule has 1 aliphatic rings. The van der Waals surface area contributed by atoms with Gasteiger partial charge < -0.3 is 10.1 Å². The molecule has 1 aliphatic heterocycles. The maximum absolute atomic E-state index is 11.9. The summed E-state index contributed by atoms with van der Waals surface area (Å²) in [6.45, 7) is 5.66. The number of carbonyl (C=O) groups excluding carboxylic acids is 1. The molecule has 1 atom stereocenters. The molecular formula is C20H22N2O2S. The van der Waals surface area contributed by atoms with Crippen molar-refractivity contribution in [2.24, 2.45) is 0 Å². The van der Waals surface area contributed by atoms with Crippen molar-refractivity contribution in [3.05, 3.63) is 71.0 Å². The molecule has 1 aromatic heterocycles. The van der Waals surface area contributed by atoms with E-state index in [4.69, 9.17) is 8.85 Å². The topological polar surface area (TPSA) is 51.2 Å². The molecule has 0 bridgehead atoms. The minimum Gasteiger partial charge on any atom is -0.493 e. The number of hydrogen-bond acceptors (Lipinski definition) is 4. The fraction of sp³-hybridized carbons (Fsp3) is 0.300. The molecule has 0 saturated carbocycles. The molecule has 1 fully saturated rings. The summed E-state index contributed by atoms with van der Waals surface area (Å²) < 4.78 is 29.4. The summed E-state index contributed by atoms with van der Waals surface area (Å²) in [5.74, 6) is 0.370. The number of ether oxygens (including phenoxy) is 1. The van der Waals surface area contributed by atoms with Gasteiger partial charge in [0.05, 0.1) is 18.2 Å². The highest BCUT2D eigenvalue weighted by atomic mass is 32.2. The van der Waals surface area contributed by atoms with E-state index in [0.717, 1.165) is 23.0 Å². The van der Waals surface area contributed by atoms with Crippen LogP contribution in [0.3, 0.4) is 0 Å². The Labute approximate surface area is 156 Å². The zero-order valence-corrected chi connectivity index (χ0v) is 14.9. The quantitative estimate of drug-likeness (QED) is 0.824. The molecule has 1 N–H and O–H groups in total. The Morgan fingerprint density at radius 2 is 2.08 bits per heavy atom. The highest BCUT2D eigenvalue weighted by Gasteiger charge is 2.27. The fourth-order valence-corrected chi connectivity index (χ4v) is 3.24. The number of hydrogen-bond donors (Lipinski definition) is 1. The number of nitrogens with zero attached hydrogens (tertiary/aromatic N) is 1. The zero-order chi connectivity index (χ0) is 20.4. The molecule has 2 heterocycles. The summed E-state index contributed by atoms with van der Waals surface area (Å²) in [6, 6.07) is 10.9. The molecule has 1 aromatic carbocycles. The third kappa shape index (κ3) is 4.86. The Kier molecular flexibility index (Phi) is 4.58. The third-order valence-electron chi connectivity index (χ3n) is 3.78. The minimum absolute atomic E-state index is 0.296. The Hall–Kier alpha value is -2.27. The summed E-state index contributed by atoms with van der Waals surface area (Å²) >= 11 is 1.14. The number of nitrogens with one attached hydrogen (secondary N) is 1. The third-order valence-corrected chi connectivity index (χ3v) is 4.71. The lowest BCUT2D eigenvalue weighted by atomic mass is 10.1. The first-order chi connectivity index (χ1) is 13.2. The lowest BCUT2D eigenvalue weighted by Crippen LogP contribution is -2.23. The van der Waals surface area contributed by atoms with Crippen LogP contribution in [0.25, 0.3) is 0 Å². The van der Waals surface area contributed by atoms with Gasteiger partial charge in [0.15, 0.2) is 0 Å². The predicted molar refractivity (Wildman–Crippen MR) is 102 cm³/mol. The van der Waals surface area contributed by atoms with Crippen LogP contribution in [0.1, 0.15) is 27.9 Å². The number of benzene rings is 1. The van der Waals surface area contributed by atoms with Gasteiger partial charge in [-0.2, -0.15) is 0 Å². The molecule has 130 valence electrons. The molecule has 4 nitrogen and oxygen atoms in total. The molecule has 3 rings (SSSR count). The highest BCUT2D eigenvalue weighted by Crippen LogP contribution is 2.28. The highest BCUT2D eigenvalue weighted by molar-refractivity contribution is 8.04. The van der Waals surface area contributed by atoms with E-state index in [1.807, 2.05) is 30.3 Å². The van der Waals surface area contributed by atoms with Gasteiger partial charge in [0, 0.05) is 21.1 Å². The predicted octanol–water partition coefficient (Wildman–Crippen LogP) is 3.51. The van der Waals surface area contributed by atoms with Crippen molar-refractivity contribution in [1.29, 1.82) is 0 Å². The maximum atomic E-state index is 11.9. The van der Waals surface area contributed by atoms with Gasteiger partial charge in [-0.25, -0.2) is 0 Å². The van der Waals surface area contributed by atoms with Gasteiger partial charge in [-0.15, -0.1) is 0 Å².